The second-order valence-corrected chi connectivity index (χ2v) is 14.6. The van der Waals surface area contributed by atoms with Crippen molar-refractivity contribution < 1.29 is 46.5 Å². The molecule has 274 valence electrons. The number of benzene rings is 2. The normalized spacial score (nSPS) is 27.9. The number of amides is 1. The van der Waals surface area contributed by atoms with E-state index in [-0.39, 0.29) is 50.8 Å². The van der Waals surface area contributed by atoms with Gasteiger partial charge < -0.3 is 29.1 Å². The summed E-state index contributed by atoms with van der Waals surface area (Å²) in [7, 11) is 3.09. The molecule has 0 saturated carbocycles. The van der Waals surface area contributed by atoms with Crippen LogP contribution in [-0.2, 0) is 25.2 Å². The number of likely N-dealkylation sites (tertiary alicyclic amines) is 2. The van der Waals surface area contributed by atoms with Gasteiger partial charge in [-0.2, -0.15) is 13.2 Å². The summed E-state index contributed by atoms with van der Waals surface area (Å²) in [5, 5.41) is 9.51. The average molecular weight is 706 g/mol. The lowest BCUT2D eigenvalue weighted by Crippen LogP contribution is -2.53. The summed E-state index contributed by atoms with van der Waals surface area (Å²) in [5.74, 6) is -2.96. The summed E-state index contributed by atoms with van der Waals surface area (Å²) in [5.41, 5.74) is -1.72. The minimum absolute atomic E-state index is 0.0841. The van der Waals surface area contributed by atoms with Gasteiger partial charge in [-0.3, -0.25) is 14.5 Å². The quantitative estimate of drug-likeness (QED) is 0.339. The van der Waals surface area contributed by atoms with Crippen molar-refractivity contribution in [2.24, 2.45) is 11.8 Å². The van der Waals surface area contributed by atoms with E-state index in [4.69, 9.17) is 14.2 Å². The van der Waals surface area contributed by atoms with Gasteiger partial charge in [0.15, 0.2) is 0 Å². The van der Waals surface area contributed by atoms with Crippen LogP contribution in [0.4, 0.5) is 23.2 Å². The summed E-state index contributed by atoms with van der Waals surface area (Å²) >= 11 is 0. The Labute approximate surface area is 290 Å². The summed E-state index contributed by atoms with van der Waals surface area (Å²) in [6.45, 7) is 4.57. The fourth-order valence-electron chi connectivity index (χ4n) is 8.49. The van der Waals surface area contributed by atoms with E-state index in [0.717, 1.165) is 12.1 Å². The molecule has 0 radical (unpaired) electrons. The number of piperidine rings is 1. The minimum atomic E-state index is -4.58. The number of hydrogen-bond donors (Lipinski definition) is 1. The Bertz CT molecular complexity index is 1530. The summed E-state index contributed by atoms with van der Waals surface area (Å²) in [4.78, 5) is 31.7. The lowest BCUT2D eigenvalue weighted by atomic mass is 9.85. The van der Waals surface area contributed by atoms with Crippen molar-refractivity contribution in [1.82, 2.24) is 9.80 Å². The molecular formula is C37H47F4N3O6. The number of rotatable bonds is 9. The molecule has 0 bridgehead atoms. The molecule has 1 N–H and O–H groups in total. The molecule has 4 aliphatic rings. The summed E-state index contributed by atoms with van der Waals surface area (Å²) < 4.78 is 76.3. The van der Waals surface area contributed by atoms with Crippen LogP contribution in [0, 0.1) is 11.8 Å². The second-order valence-electron chi connectivity index (χ2n) is 14.6. The molecule has 2 aromatic rings. The van der Waals surface area contributed by atoms with Crippen LogP contribution in [0.25, 0.3) is 0 Å². The Morgan fingerprint density at radius 2 is 1.68 bits per heavy atom. The SMILES string of the molecule is COC[C@H]1CN(C(=O)[C@]2(F)CN(C3(C)CCOCC3)C[C@H]2c2ccc(OC)cc2)C[C@@H]1c1ccc(C(F)(F)F)cc1N1CCC(C(=O)O)CC1. The molecule has 0 spiro atoms. The zero-order chi connectivity index (χ0) is 35.8. The molecule has 6 rings (SSSR count). The zero-order valence-electron chi connectivity index (χ0n) is 28.9. The molecule has 2 aromatic carbocycles. The molecule has 1 amide bonds. The molecule has 9 nitrogen and oxygen atoms in total. The van der Waals surface area contributed by atoms with Crippen molar-refractivity contribution in [3.63, 3.8) is 0 Å². The zero-order valence-corrected chi connectivity index (χ0v) is 28.9. The van der Waals surface area contributed by atoms with Gasteiger partial charge in [-0.25, -0.2) is 4.39 Å². The predicted octanol–water partition coefficient (Wildman–Crippen LogP) is 5.58. The maximum Gasteiger partial charge on any atom is 0.416 e. The van der Waals surface area contributed by atoms with E-state index < -0.39 is 47.0 Å². The van der Waals surface area contributed by atoms with Gasteiger partial charge in [0.25, 0.3) is 5.91 Å². The highest BCUT2D eigenvalue weighted by atomic mass is 19.4. The molecule has 4 fully saturated rings. The number of methoxy groups -OCH3 is 2. The van der Waals surface area contributed by atoms with Crippen molar-refractivity contribution in [2.75, 3.05) is 78.2 Å². The number of alkyl halides is 4. The number of halogens is 4. The first-order valence-electron chi connectivity index (χ1n) is 17.4. The third kappa shape index (κ3) is 7.05. The Morgan fingerprint density at radius 1 is 1.00 bits per heavy atom. The van der Waals surface area contributed by atoms with Crippen molar-refractivity contribution in [2.45, 2.75) is 61.8 Å². The monoisotopic (exact) mass is 705 g/mol. The molecule has 4 heterocycles. The highest BCUT2D eigenvalue weighted by Crippen LogP contribution is 2.48. The average Bonchev–Trinajstić information content (AvgIpc) is 3.70. The number of ether oxygens (including phenoxy) is 3. The lowest BCUT2D eigenvalue weighted by molar-refractivity contribution is -0.144. The van der Waals surface area contributed by atoms with Gasteiger partial charge in [0, 0.05) is 88.6 Å². The molecule has 4 aliphatic heterocycles. The Balaban J connectivity index is 1.33. The van der Waals surface area contributed by atoms with E-state index in [0.29, 0.717) is 68.0 Å². The van der Waals surface area contributed by atoms with Crippen LogP contribution in [-0.4, -0.2) is 111 Å². The molecular weight excluding hydrogens is 658 g/mol. The number of aliphatic carboxylic acids is 1. The van der Waals surface area contributed by atoms with Gasteiger partial charge >= 0.3 is 12.1 Å². The third-order valence-electron chi connectivity index (χ3n) is 11.6. The first-order valence-corrected chi connectivity index (χ1v) is 17.4. The number of carbonyl (C=O) groups is 2. The Kier molecular flexibility index (Phi) is 10.4. The highest BCUT2D eigenvalue weighted by Gasteiger charge is 2.59. The van der Waals surface area contributed by atoms with Gasteiger partial charge in [-0.05, 0) is 68.0 Å². The van der Waals surface area contributed by atoms with Crippen LogP contribution in [0.3, 0.4) is 0 Å². The van der Waals surface area contributed by atoms with Crippen LogP contribution < -0.4 is 9.64 Å². The fourth-order valence-corrected chi connectivity index (χ4v) is 8.49. The second kappa shape index (κ2) is 14.3. The largest absolute Gasteiger partial charge is 0.497 e. The minimum Gasteiger partial charge on any atom is -0.497 e. The fraction of sp³-hybridized carbons (Fsp3) is 0.622. The van der Waals surface area contributed by atoms with E-state index in [1.165, 1.54) is 13.2 Å². The molecule has 13 heteroatoms. The molecule has 0 unspecified atom stereocenters. The maximum absolute atomic E-state index is 17.9. The van der Waals surface area contributed by atoms with Crippen LogP contribution in [0.2, 0.25) is 0 Å². The number of carboxylic acids is 1. The highest BCUT2D eigenvalue weighted by molar-refractivity contribution is 5.88. The van der Waals surface area contributed by atoms with E-state index >= 15 is 4.39 Å². The van der Waals surface area contributed by atoms with Gasteiger partial charge in [-0.15, -0.1) is 0 Å². The van der Waals surface area contributed by atoms with Gasteiger partial charge in [0.1, 0.15) is 5.75 Å². The predicted molar refractivity (Wildman–Crippen MR) is 178 cm³/mol. The van der Waals surface area contributed by atoms with Crippen molar-refractivity contribution in [1.29, 1.82) is 0 Å². The smallest absolute Gasteiger partial charge is 0.416 e. The van der Waals surface area contributed by atoms with Gasteiger partial charge in [-0.1, -0.05) is 18.2 Å². The number of nitrogens with zero attached hydrogens (tertiary/aromatic N) is 3. The first kappa shape index (κ1) is 36.4. The lowest BCUT2D eigenvalue weighted by Gasteiger charge is -2.42. The number of carbonyl (C=O) groups excluding carboxylic acids is 1. The summed E-state index contributed by atoms with van der Waals surface area (Å²) in [6.07, 6.45) is -2.53. The standard InChI is InChI=1S/C37H47F4N3O6/c1-35(12-16-50-17-13-35)44-21-31(24-4-7-28(49-3)8-5-24)36(38,23-44)34(47)43-19-26(22-48-2)30(20-43)29-9-6-27(37(39,40)41)18-32(29)42-14-10-25(11-15-42)33(45)46/h4-9,18,25-26,30-31H,10-17,19-23H2,1-3H3,(H,45,46)/t26-,30+,31+,36+/m1/s1. The van der Waals surface area contributed by atoms with Crippen molar-refractivity contribution in [3.05, 3.63) is 59.2 Å². The summed E-state index contributed by atoms with van der Waals surface area (Å²) in [6, 6.07) is 10.8. The molecule has 4 saturated heterocycles. The number of hydrogen-bond acceptors (Lipinski definition) is 7. The molecule has 50 heavy (non-hydrogen) atoms. The van der Waals surface area contributed by atoms with Gasteiger partial charge in [0.05, 0.1) is 25.2 Å². The first-order chi connectivity index (χ1) is 23.8. The van der Waals surface area contributed by atoms with Crippen LogP contribution >= 0.6 is 0 Å². The Morgan fingerprint density at radius 3 is 2.28 bits per heavy atom. The van der Waals surface area contributed by atoms with Crippen LogP contribution in [0.15, 0.2) is 42.5 Å². The van der Waals surface area contributed by atoms with E-state index in [1.807, 2.05) is 17.0 Å². The molecule has 0 aromatic heterocycles. The maximum atomic E-state index is 17.9. The van der Waals surface area contributed by atoms with E-state index in [1.54, 1.807) is 24.1 Å². The number of anilines is 1. The number of carboxylic acid groups (broad SMARTS) is 1. The topological polar surface area (TPSA) is 91.8 Å². The Hall–Kier alpha value is -3.42. The van der Waals surface area contributed by atoms with Crippen molar-refractivity contribution >= 4 is 17.6 Å². The molecule has 0 aliphatic carbocycles. The van der Waals surface area contributed by atoms with Crippen LogP contribution in [0.1, 0.15) is 61.1 Å². The van der Waals surface area contributed by atoms with Crippen molar-refractivity contribution in [3.8, 4) is 5.75 Å². The van der Waals surface area contributed by atoms with E-state index in [2.05, 4.69) is 11.8 Å². The van der Waals surface area contributed by atoms with E-state index in [9.17, 15) is 27.9 Å². The van der Waals surface area contributed by atoms with Gasteiger partial charge in [0.2, 0.25) is 5.67 Å². The molecule has 4 atom stereocenters. The van der Waals surface area contributed by atoms with Crippen LogP contribution in [0.5, 0.6) is 5.75 Å². The third-order valence-corrected chi connectivity index (χ3v) is 11.6.